The van der Waals surface area contributed by atoms with Crippen molar-refractivity contribution < 1.29 is 76.1 Å². The molecule has 4 aromatic rings. The fourth-order valence-corrected chi connectivity index (χ4v) is 11.2. The first-order valence-electron chi connectivity index (χ1n) is 35.7. The first-order valence-corrected chi connectivity index (χ1v) is 35.7. The zero-order valence-corrected chi connectivity index (χ0v) is 60.0. The van der Waals surface area contributed by atoms with Gasteiger partial charge in [0.15, 0.2) is 0 Å². The number of unbranched alkanes of at least 4 members (excludes halogenated alkanes) is 12. The Bertz CT molecular complexity index is 3190. The molecule has 0 amide bonds. The van der Waals surface area contributed by atoms with Crippen LogP contribution in [-0.2, 0) is 109 Å². The molecule has 0 aromatic heterocycles. The molecule has 0 unspecified atom stereocenters. The van der Waals surface area contributed by atoms with E-state index in [0.29, 0.717) is 48.5 Å². The number of ether oxygens (including phenoxy) is 10. The number of aryl methyl sites for hydroxylation is 5. The second kappa shape index (κ2) is 47.7. The molecular formula is C81H112O16. The van der Waals surface area contributed by atoms with Crippen LogP contribution in [0.25, 0.3) is 0 Å². The summed E-state index contributed by atoms with van der Waals surface area (Å²) >= 11 is 0. The number of benzene rings is 4. The summed E-state index contributed by atoms with van der Waals surface area (Å²) in [5, 5.41) is 0. The highest BCUT2D eigenvalue weighted by molar-refractivity contribution is 5.92. The lowest BCUT2D eigenvalue weighted by molar-refractivity contribution is -0.140. The van der Waals surface area contributed by atoms with E-state index in [0.717, 1.165) is 214 Å². The van der Waals surface area contributed by atoms with Crippen molar-refractivity contribution in [3.8, 4) is 23.0 Å². The van der Waals surface area contributed by atoms with Gasteiger partial charge in [0.1, 0.15) is 75.9 Å². The van der Waals surface area contributed by atoms with Crippen LogP contribution in [0.3, 0.4) is 0 Å². The Morgan fingerprint density at radius 3 is 0.969 bits per heavy atom. The maximum Gasteiger partial charge on any atom is 0.333 e. The lowest BCUT2D eigenvalue weighted by Crippen LogP contribution is -2.16. The molecule has 0 aliphatic rings. The number of carbonyl (C=O) groups is 6. The van der Waals surface area contributed by atoms with Crippen molar-refractivity contribution >= 4 is 35.8 Å². The van der Waals surface area contributed by atoms with E-state index in [1.165, 1.54) is 5.56 Å². The Balaban J connectivity index is 2.07. The molecule has 0 saturated heterocycles. The highest BCUT2D eigenvalue weighted by atomic mass is 16.6. The Hall–Kier alpha value is -8.14. The van der Waals surface area contributed by atoms with Gasteiger partial charge in [-0.1, -0.05) is 173 Å². The van der Waals surface area contributed by atoms with Gasteiger partial charge in [0.05, 0.1) is 13.2 Å². The lowest BCUT2D eigenvalue weighted by atomic mass is 9.89. The number of hydrogen-bond donors (Lipinski definition) is 0. The second-order valence-corrected chi connectivity index (χ2v) is 24.5. The average molecular weight is 1340 g/mol. The van der Waals surface area contributed by atoms with Gasteiger partial charge >= 0.3 is 35.8 Å². The third kappa shape index (κ3) is 31.7. The van der Waals surface area contributed by atoms with Gasteiger partial charge in [0, 0.05) is 54.7 Å². The van der Waals surface area contributed by atoms with Crippen LogP contribution in [0, 0.1) is 0 Å². The molecular weight excluding hydrogens is 1230 g/mol. The van der Waals surface area contributed by atoms with E-state index in [2.05, 4.69) is 96.3 Å². The van der Waals surface area contributed by atoms with E-state index in [1.54, 1.807) is 27.7 Å². The third-order valence-corrected chi connectivity index (χ3v) is 16.1. The number of rotatable bonds is 51. The monoisotopic (exact) mass is 1340 g/mol. The SMILES string of the molecule is C=C(C)C(=O)OCCOc1c(CC)cc(CCCCCC)cc1Cc1cc(CCCCCC)cc(Cc2cc(CCCCCC)cc(Cc3cc(CCCCCC)ccc3OCCOC(=O)/C=C\C(=O)OCC)c2OCCOC(=O)/C=C\C(=O)OCC)c1OCCOC(=O)C(=C)C. The summed E-state index contributed by atoms with van der Waals surface area (Å²) in [5.74, 6) is -1.21. The Morgan fingerprint density at radius 2 is 0.629 bits per heavy atom. The molecule has 0 saturated carbocycles. The fraction of sp³-hybridized carbons (Fsp3) is 0.531. The van der Waals surface area contributed by atoms with Crippen molar-refractivity contribution in [2.45, 2.75) is 216 Å². The van der Waals surface area contributed by atoms with Crippen LogP contribution in [0.4, 0.5) is 0 Å². The molecule has 16 nitrogen and oxygen atoms in total. The molecule has 0 N–H and O–H groups in total. The Labute approximate surface area is 579 Å². The summed E-state index contributed by atoms with van der Waals surface area (Å²) in [6, 6.07) is 19.6. The van der Waals surface area contributed by atoms with Crippen molar-refractivity contribution in [3.63, 3.8) is 0 Å². The van der Waals surface area contributed by atoms with Gasteiger partial charge in [0.2, 0.25) is 0 Å². The highest BCUT2D eigenvalue weighted by Crippen LogP contribution is 2.39. The Kier molecular flexibility index (Phi) is 40.0. The zero-order valence-electron chi connectivity index (χ0n) is 60.0. The minimum Gasteiger partial charge on any atom is -0.490 e. The topological polar surface area (TPSA) is 195 Å². The highest BCUT2D eigenvalue weighted by Gasteiger charge is 2.24. The van der Waals surface area contributed by atoms with Crippen LogP contribution in [0.15, 0.2) is 103 Å². The van der Waals surface area contributed by atoms with Crippen molar-refractivity contribution in [1.82, 2.24) is 0 Å². The maximum atomic E-state index is 13.1. The van der Waals surface area contributed by atoms with Gasteiger partial charge in [-0.15, -0.1) is 0 Å². The molecule has 4 rings (SSSR count). The van der Waals surface area contributed by atoms with E-state index in [-0.39, 0.29) is 71.6 Å². The van der Waals surface area contributed by atoms with Gasteiger partial charge in [-0.25, -0.2) is 28.8 Å². The molecule has 0 aliphatic carbocycles. The van der Waals surface area contributed by atoms with Crippen molar-refractivity contribution in [2.24, 2.45) is 0 Å². The third-order valence-electron chi connectivity index (χ3n) is 16.1. The lowest BCUT2D eigenvalue weighted by Gasteiger charge is -2.23. The van der Waals surface area contributed by atoms with Crippen molar-refractivity contribution in [3.05, 3.63) is 164 Å². The van der Waals surface area contributed by atoms with Crippen molar-refractivity contribution in [1.29, 1.82) is 0 Å². The van der Waals surface area contributed by atoms with Crippen LogP contribution in [-0.4, -0.2) is 102 Å². The molecule has 4 aromatic carbocycles. The van der Waals surface area contributed by atoms with Crippen LogP contribution in [0.1, 0.15) is 226 Å². The first-order chi connectivity index (χ1) is 47.0. The second-order valence-electron chi connectivity index (χ2n) is 24.5. The van der Waals surface area contributed by atoms with E-state index in [4.69, 9.17) is 47.4 Å². The van der Waals surface area contributed by atoms with E-state index in [9.17, 15) is 28.8 Å². The Morgan fingerprint density at radius 1 is 0.330 bits per heavy atom. The zero-order chi connectivity index (χ0) is 70.6. The smallest absolute Gasteiger partial charge is 0.333 e. The summed E-state index contributed by atoms with van der Waals surface area (Å²) in [5.41, 5.74) is 11.6. The first kappa shape index (κ1) is 81.3. The van der Waals surface area contributed by atoms with Crippen LogP contribution in [0.5, 0.6) is 23.0 Å². The summed E-state index contributed by atoms with van der Waals surface area (Å²) in [7, 11) is 0. The van der Waals surface area contributed by atoms with E-state index in [1.807, 2.05) is 6.07 Å². The molecule has 0 radical (unpaired) electrons. The number of carbonyl (C=O) groups excluding carboxylic acids is 6. The van der Waals surface area contributed by atoms with Gasteiger partial charge < -0.3 is 47.4 Å². The molecule has 0 heterocycles. The summed E-state index contributed by atoms with van der Waals surface area (Å²) in [6.07, 6.45) is 26.4. The standard InChI is InChI=1S/C81H112O16/c1-12-19-23-27-31-61-35-36-72(90-41-42-91-75(84)39-37-73(82)88-17-6)66(49-61)56-67-52-63(33-29-25-21-14-3)53-70(78(67)94-44-43-92-76(85)40-38-74(83)89-18-7)58-71-55-64(34-30-26-22-15-4)54-69(79(71)95-46-48-97-81(87)60(10)11)57-68-51-62(32-28-24-20-13-2)50-65(16-5)77(68)93-45-47-96-80(86)59(8)9/h35-40,49-55H,8,10,12-34,41-48,56-58H2,1-7,9,11H3/b39-37-,40-38-. The van der Waals surface area contributed by atoms with Crippen LogP contribution in [0.2, 0.25) is 0 Å². The minimum atomic E-state index is -0.732. The maximum absolute atomic E-state index is 13.1. The van der Waals surface area contributed by atoms with Crippen LogP contribution < -0.4 is 18.9 Å². The van der Waals surface area contributed by atoms with Crippen molar-refractivity contribution in [2.75, 3.05) is 66.1 Å². The minimum absolute atomic E-state index is 0.0255. The predicted molar refractivity (Wildman–Crippen MR) is 382 cm³/mol. The molecule has 532 valence electrons. The molecule has 16 heteroatoms. The quantitative estimate of drug-likeness (QED) is 0.0175. The molecule has 0 fully saturated rings. The molecule has 0 spiro atoms. The number of esters is 6. The summed E-state index contributed by atoms with van der Waals surface area (Å²) in [6.45, 7) is 25.3. The summed E-state index contributed by atoms with van der Waals surface area (Å²) < 4.78 is 59.4. The predicted octanol–water partition coefficient (Wildman–Crippen LogP) is 16.6. The van der Waals surface area contributed by atoms with E-state index >= 15 is 0 Å². The molecule has 0 atom stereocenters. The van der Waals surface area contributed by atoms with E-state index < -0.39 is 35.8 Å². The van der Waals surface area contributed by atoms with Gasteiger partial charge in [-0.3, -0.25) is 0 Å². The fourth-order valence-electron chi connectivity index (χ4n) is 11.2. The van der Waals surface area contributed by atoms with Gasteiger partial charge in [-0.2, -0.15) is 0 Å². The number of hydrogen-bond acceptors (Lipinski definition) is 16. The molecule has 97 heavy (non-hydrogen) atoms. The largest absolute Gasteiger partial charge is 0.490 e. The van der Waals surface area contributed by atoms with Gasteiger partial charge in [0.25, 0.3) is 0 Å². The normalized spacial score (nSPS) is 11.1. The molecule has 0 bridgehead atoms. The van der Waals surface area contributed by atoms with Crippen LogP contribution >= 0.6 is 0 Å². The average Bonchev–Trinajstić information content (AvgIpc) is 0.799. The molecule has 0 aliphatic heterocycles. The summed E-state index contributed by atoms with van der Waals surface area (Å²) in [4.78, 5) is 75.2. The van der Waals surface area contributed by atoms with Gasteiger partial charge in [-0.05, 0) is 153 Å².